The highest BCUT2D eigenvalue weighted by atomic mass is 16.3. The van der Waals surface area contributed by atoms with E-state index in [2.05, 4.69) is 15.2 Å². The molecule has 0 fully saturated rings. The number of aromatic hydroxyl groups is 2. The van der Waals surface area contributed by atoms with Crippen molar-refractivity contribution in [2.24, 2.45) is 10.2 Å². The number of nitrogens with zero attached hydrogens (tertiary/aromatic N) is 2. The molecule has 6 heteroatoms. The highest BCUT2D eigenvalue weighted by molar-refractivity contribution is 6.01. The van der Waals surface area contributed by atoms with Gasteiger partial charge in [0.2, 0.25) is 5.88 Å². The Kier molecular flexibility index (Phi) is 2.09. The number of rotatable bonds is 2. The number of aliphatic imine (C=N–C) groups is 1. The van der Waals surface area contributed by atoms with Gasteiger partial charge in [-0.15, -0.1) is 4.91 Å². The average Bonchev–Trinajstić information content (AvgIpc) is 2.53. The number of benzene rings is 1. The average molecular weight is 205 g/mol. The van der Waals surface area contributed by atoms with Crippen molar-refractivity contribution in [3.05, 3.63) is 23.1 Å². The first-order valence-electron chi connectivity index (χ1n) is 4.11. The van der Waals surface area contributed by atoms with E-state index in [1.165, 1.54) is 0 Å². The monoisotopic (exact) mass is 205 g/mol. The Labute approximate surface area is 83.9 Å². The second-order valence-electron chi connectivity index (χ2n) is 2.87. The van der Waals surface area contributed by atoms with Crippen LogP contribution >= 0.6 is 0 Å². The van der Waals surface area contributed by atoms with E-state index < -0.39 is 0 Å². The fourth-order valence-electron chi connectivity index (χ4n) is 1.42. The lowest BCUT2D eigenvalue weighted by molar-refractivity contribution is 0.429. The van der Waals surface area contributed by atoms with Gasteiger partial charge in [0.25, 0.3) is 0 Å². The maximum Gasteiger partial charge on any atom is 0.201 e. The molecule has 0 radical (unpaired) electrons. The summed E-state index contributed by atoms with van der Waals surface area (Å²) < 4.78 is 0. The maximum absolute atomic E-state index is 9.89. The fraction of sp³-hybridized carbons (Fsp3) is 0. The highest BCUT2D eigenvalue weighted by Crippen LogP contribution is 2.38. The summed E-state index contributed by atoms with van der Waals surface area (Å²) in [4.78, 5) is 16.0. The van der Waals surface area contributed by atoms with E-state index in [0.29, 0.717) is 16.5 Å². The van der Waals surface area contributed by atoms with Gasteiger partial charge in [0.1, 0.15) is 0 Å². The van der Waals surface area contributed by atoms with Crippen LogP contribution in [0.5, 0.6) is 11.8 Å². The molecule has 0 unspecified atom stereocenters. The number of nitroso groups, excluding NO2 is 1. The summed E-state index contributed by atoms with van der Waals surface area (Å²) in [6.45, 7) is 0. The van der Waals surface area contributed by atoms with E-state index in [1.54, 1.807) is 18.2 Å². The summed E-state index contributed by atoms with van der Waals surface area (Å²) in [7, 11) is 0. The minimum atomic E-state index is -0.193. The van der Waals surface area contributed by atoms with Crippen molar-refractivity contribution in [1.82, 2.24) is 4.98 Å². The molecule has 0 atom stereocenters. The van der Waals surface area contributed by atoms with Crippen LogP contribution in [0.2, 0.25) is 0 Å². The summed E-state index contributed by atoms with van der Waals surface area (Å²) in [5.41, 5.74) is 0.362. The van der Waals surface area contributed by atoms with Crippen molar-refractivity contribution in [2.75, 3.05) is 0 Å². The van der Waals surface area contributed by atoms with Gasteiger partial charge in [-0.05, 0) is 17.3 Å². The SMILES string of the molecule is O=NC=Nc1cccc2c(O)[nH]c(O)c12. The zero-order chi connectivity index (χ0) is 10.8. The lowest BCUT2D eigenvalue weighted by atomic mass is 10.2. The molecule has 0 aliphatic rings. The molecule has 0 saturated carbocycles. The van der Waals surface area contributed by atoms with Gasteiger partial charge < -0.3 is 10.2 Å². The molecule has 0 amide bonds. The van der Waals surface area contributed by atoms with Crippen molar-refractivity contribution in [3.63, 3.8) is 0 Å². The molecule has 0 bridgehead atoms. The zero-order valence-electron chi connectivity index (χ0n) is 7.51. The standard InChI is InChI=1S/C9H7N3O3/c13-8-5-2-1-3-6(10-4-11-15)7(5)9(14)12-8/h1-4,12-14H. The van der Waals surface area contributed by atoms with E-state index in [1.807, 2.05) is 0 Å². The molecule has 76 valence electrons. The summed E-state index contributed by atoms with van der Waals surface area (Å²) in [6.07, 6.45) is 0.832. The van der Waals surface area contributed by atoms with Crippen LogP contribution in [0.25, 0.3) is 10.8 Å². The third-order valence-corrected chi connectivity index (χ3v) is 2.02. The van der Waals surface area contributed by atoms with Crippen molar-refractivity contribution >= 4 is 22.8 Å². The van der Waals surface area contributed by atoms with Gasteiger partial charge in [-0.3, -0.25) is 4.98 Å². The van der Waals surface area contributed by atoms with Crippen molar-refractivity contribution in [2.45, 2.75) is 0 Å². The molecule has 0 saturated heterocycles. The Morgan fingerprint density at radius 2 is 2.07 bits per heavy atom. The van der Waals surface area contributed by atoms with E-state index in [4.69, 9.17) is 0 Å². The van der Waals surface area contributed by atoms with Crippen LogP contribution in [0, 0.1) is 4.91 Å². The van der Waals surface area contributed by atoms with Crippen LogP contribution < -0.4 is 0 Å². The predicted molar refractivity (Wildman–Crippen MR) is 55.6 cm³/mol. The number of fused-ring (bicyclic) bond motifs is 1. The first-order chi connectivity index (χ1) is 7.24. The predicted octanol–water partition coefficient (Wildman–Crippen LogP) is 2.01. The number of aromatic nitrogens is 1. The molecule has 2 aromatic rings. The second-order valence-corrected chi connectivity index (χ2v) is 2.87. The van der Waals surface area contributed by atoms with Crippen LogP contribution in [0.15, 0.2) is 28.4 Å². The maximum atomic E-state index is 9.89. The van der Waals surface area contributed by atoms with Crippen molar-refractivity contribution < 1.29 is 10.2 Å². The molecule has 15 heavy (non-hydrogen) atoms. The topological polar surface area (TPSA) is 98.0 Å². The third-order valence-electron chi connectivity index (χ3n) is 2.02. The molecule has 3 N–H and O–H groups in total. The lowest BCUT2D eigenvalue weighted by Crippen LogP contribution is -1.70. The van der Waals surface area contributed by atoms with E-state index in [9.17, 15) is 15.1 Å². The molecular weight excluding hydrogens is 198 g/mol. The molecule has 0 spiro atoms. The number of hydrogen-bond acceptors (Lipinski definition) is 4. The molecule has 0 aliphatic carbocycles. The molecule has 1 heterocycles. The highest BCUT2D eigenvalue weighted by Gasteiger charge is 2.11. The van der Waals surface area contributed by atoms with Crippen LogP contribution in [-0.2, 0) is 0 Å². The van der Waals surface area contributed by atoms with Gasteiger partial charge in [-0.25, -0.2) is 4.99 Å². The Bertz CT molecular complexity index is 545. The molecular formula is C9H7N3O3. The minimum absolute atomic E-state index is 0.140. The van der Waals surface area contributed by atoms with Crippen LogP contribution in [-0.4, -0.2) is 21.5 Å². The Morgan fingerprint density at radius 1 is 1.27 bits per heavy atom. The molecule has 1 aromatic heterocycles. The summed E-state index contributed by atoms with van der Waals surface area (Å²) in [6, 6.07) is 4.86. The second kappa shape index (κ2) is 3.41. The fourth-order valence-corrected chi connectivity index (χ4v) is 1.42. The molecule has 2 rings (SSSR count). The Balaban J connectivity index is 2.74. The normalized spacial score (nSPS) is 11.2. The van der Waals surface area contributed by atoms with E-state index >= 15 is 0 Å². The van der Waals surface area contributed by atoms with Gasteiger partial charge >= 0.3 is 0 Å². The van der Waals surface area contributed by atoms with E-state index in [0.717, 1.165) is 6.34 Å². The first kappa shape index (κ1) is 9.20. The van der Waals surface area contributed by atoms with Gasteiger partial charge in [0.05, 0.1) is 11.1 Å². The largest absolute Gasteiger partial charge is 0.494 e. The molecule has 6 nitrogen and oxygen atoms in total. The minimum Gasteiger partial charge on any atom is -0.494 e. The first-order valence-corrected chi connectivity index (χ1v) is 4.11. The molecule has 1 aromatic carbocycles. The van der Waals surface area contributed by atoms with Crippen molar-refractivity contribution in [1.29, 1.82) is 0 Å². The number of H-pyrrole nitrogens is 1. The summed E-state index contributed by atoms with van der Waals surface area (Å²) >= 11 is 0. The van der Waals surface area contributed by atoms with Gasteiger partial charge in [-0.1, -0.05) is 6.07 Å². The number of nitrogens with one attached hydrogen (secondary N) is 1. The van der Waals surface area contributed by atoms with Gasteiger partial charge in [-0.2, -0.15) is 0 Å². The van der Waals surface area contributed by atoms with Crippen molar-refractivity contribution in [3.8, 4) is 11.8 Å². The molecule has 0 aliphatic heterocycles. The number of hydrogen-bond donors (Lipinski definition) is 3. The Hall–Kier alpha value is -2.37. The summed E-state index contributed by atoms with van der Waals surface area (Å²) in [5.74, 6) is -0.334. The Morgan fingerprint density at radius 3 is 2.80 bits per heavy atom. The van der Waals surface area contributed by atoms with Gasteiger partial charge in [0.15, 0.2) is 12.2 Å². The zero-order valence-corrected chi connectivity index (χ0v) is 7.51. The smallest absolute Gasteiger partial charge is 0.201 e. The summed E-state index contributed by atoms with van der Waals surface area (Å²) in [5, 5.41) is 22.1. The lowest BCUT2D eigenvalue weighted by Gasteiger charge is -1.95. The van der Waals surface area contributed by atoms with Gasteiger partial charge in [0, 0.05) is 5.39 Å². The third kappa shape index (κ3) is 1.41. The number of aromatic amines is 1. The van der Waals surface area contributed by atoms with Crippen LogP contribution in [0.1, 0.15) is 0 Å². The van der Waals surface area contributed by atoms with Crippen LogP contribution in [0.3, 0.4) is 0 Å². The van der Waals surface area contributed by atoms with Crippen LogP contribution in [0.4, 0.5) is 5.69 Å². The quantitative estimate of drug-likeness (QED) is 0.397. The van der Waals surface area contributed by atoms with E-state index in [-0.39, 0.29) is 11.8 Å².